The maximum Gasteiger partial charge on any atom is 0.417 e. The Hall–Kier alpha value is -6.48. The van der Waals surface area contributed by atoms with Gasteiger partial charge in [-0.3, -0.25) is 0 Å². The SMILES string of the molecule is O=C(O)c1ccc(-c2cccc(-c3ccc(-c4cccc(-c5ccc(C(=O)O)cc5-c5ccc(C(=O)O)cc5)c4)c(C(F)(F)F)c3)c2)cc1. The Kier molecular flexibility index (Phi) is 8.59. The smallest absolute Gasteiger partial charge is 0.417 e. The van der Waals surface area contributed by atoms with E-state index in [9.17, 15) is 42.9 Å². The number of carboxylic acid groups (broad SMARTS) is 3. The van der Waals surface area contributed by atoms with Crippen molar-refractivity contribution in [3.63, 3.8) is 0 Å². The summed E-state index contributed by atoms with van der Waals surface area (Å²) in [5, 5.41) is 28.1. The minimum absolute atomic E-state index is 0.00601. The summed E-state index contributed by atoms with van der Waals surface area (Å²) in [5.41, 5.74) is 3.96. The Balaban J connectivity index is 1.41. The van der Waals surface area contributed by atoms with Crippen LogP contribution in [0, 0.1) is 0 Å². The molecule has 242 valence electrons. The van der Waals surface area contributed by atoms with Crippen LogP contribution < -0.4 is 0 Å². The van der Waals surface area contributed by atoms with E-state index in [0.717, 1.165) is 6.07 Å². The third-order valence-electron chi connectivity index (χ3n) is 8.18. The van der Waals surface area contributed by atoms with Gasteiger partial charge in [0.15, 0.2) is 0 Å². The van der Waals surface area contributed by atoms with Gasteiger partial charge in [-0.2, -0.15) is 13.2 Å². The Morgan fingerprint density at radius 3 is 1.35 bits per heavy atom. The standard InChI is InChI=1S/C40H25F3O6/c41-40(42,43)36-22-29(28-4-1-3-27(19-28)23-7-11-25(12-8-23)37(44)45)15-18-34(36)31-6-2-5-30(20-31)33-17-16-32(39(48)49)21-35(33)24-9-13-26(14-10-24)38(46)47/h1-22H,(H,44,45)(H,46,47)(H,48,49). The lowest BCUT2D eigenvalue weighted by molar-refractivity contribution is -0.137. The highest BCUT2D eigenvalue weighted by Crippen LogP contribution is 2.42. The molecule has 0 saturated heterocycles. The molecule has 0 aromatic heterocycles. The summed E-state index contributed by atoms with van der Waals surface area (Å²) in [7, 11) is 0. The van der Waals surface area contributed by atoms with Crippen molar-refractivity contribution in [2.24, 2.45) is 0 Å². The van der Waals surface area contributed by atoms with Crippen molar-refractivity contribution in [2.45, 2.75) is 6.18 Å². The molecule has 9 heteroatoms. The van der Waals surface area contributed by atoms with Crippen molar-refractivity contribution >= 4 is 17.9 Å². The molecule has 0 saturated carbocycles. The first kappa shape index (κ1) is 32.5. The number of carbonyl (C=O) groups is 3. The molecule has 0 aliphatic carbocycles. The first-order valence-electron chi connectivity index (χ1n) is 14.9. The molecule has 0 aliphatic heterocycles. The molecule has 0 heterocycles. The molecule has 6 aromatic rings. The third-order valence-corrected chi connectivity index (χ3v) is 8.18. The highest BCUT2D eigenvalue weighted by molar-refractivity contribution is 5.95. The van der Waals surface area contributed by atoms with Crippen LogP contribution in [-0.4, -0.2) is 33.2 Å². The number of halogens is 3. The molecule has 6 nitrogen and oxygen atoms in total. The fraction of sp³-hybridized carbons (Fsp3) is 0.0250. The van der Waals surface area contributed by atoms with Gasteiger partial charge in [-0.1, -0.05) is 78.9 Å². The molecule has 0 unspecified atom stereocenters. The Morgan fingerprint density at radius 2 is 0.796 bits per heavy atom. The summed E-state index contributed by atoms with van der Waals surface area (Å²) in [6.07, 6.45) is -4.70. The quantitative estimate of drug-likeness (QED) is 0.150. The molecule has 6 aromatic carbocycles. The number of hydrogen-bond acceptors (Lipinski definition) is 3. The zero-order valence-electron chi connectivity index (χ0n) is 25.4. The van der Waals surface area contributed by atoms with E-state index in [1.165, 1.54) is 42.5 Å². The number of carboxylic acids is 3. The van der Waals surface area contributed by atoms with Gasteiger partial charge in [0.25, 0.3) is 0 Å². The largest absolute Gasteiger partial charge is 0.478 e. The summed E-state index contributed by atoms with van der Waals surface area (Å²) in [6, 6.07) is 34.2. The van der Waals surface area contributed by atoms with Crippen LogP contribution in [0.3, 0.4) is 0 Å². The van der Waals surface area contributed by atoms with Gasteiger partial charge in [-0.05, 0) is 110 Å². The van der Waals surface area contributed by atoms with Crippen molar-refractivity contribution in [2.75, 3.05) is 0 Å². The maximum absolute atomic E-state index is 14.7. The number of hydrogen-bond donors (Lipinski definition) is 3. The van der Waals surface area contributed by atoms with Crippen molar-refractivity contribution in [1.82, 2.24) is 0 Å². The molecule has 0 amide bonds. The van der Waals surface area contributed by atoms with Crippen LogP contribution in [0.25, 0.3) is 55.6 Å². The average Bonchev–Trinajstić information content (AvgIpc) is 3.11. The first-order chi connectivity index (χ1) is 23.4. The average molecular weight is 659 g/mol. The van der Waals surface area contributed by atoms with Crippen molar-refractivity contribution in [3.8, 4) is 55.6 Å². The third kappa shape index (κ3) is 6.82. The lowest BCUT2D eigenvalue weighted by Crippen LogP contribution is -2.07. The summed E-state index contributed by atoms with van der Waals surface area (Å²) < 4.78 is 44.0. The van der Waals surface area contributed by atoms with Crippen molar-refractivity contribution in [1.29, 1.82) is 0 Å². The van der Waals surface area contributed by atoms with Crippen LogP contribution in [0.5, 0.6) is 0 Å². The minimum Gasteiger partial charge on any atom is -0.478 e. The second-order valence-corrected chi connectivity index (χ2v) is 11.3. The molecule has 0 atom stereocenters. The van der Waals surface area contributed by atoms with E-state index < -0.39 is 29.6 Å². The van der Waals surface area contributed by atoms with Crippen molar-refractivity contribution in [3.05, 3.63) is 156 Å². The number of rotatable bonds is 8. The molecular weight excluding hydrogens is 633 g/mol. The van der Waals surface area contributed by atoms with Gasteiger partial charge in [0.1, 0.15) is 0 Å². The molecule has 0 aliphatic rings. The predicted molar refractivity (Wildman–Crippen MR) is 180 cm³/mol. The number of aromatic carboxylic acids is 3. The van der Waals surface area contributed by atoms with Gasteiger partial charge >= 0.3 is 24.1 Å². The van der Waals surface area contributed by atoms with Crippen LogP contribution in [0.2, 0.25) is 0 Å². The molecule has 0 bridgehead atoms. The van der Waals surface area contributed by atoms with Crippen LogP contribution >= 0.6 is 0 Å². The van der Waals surface area contributed by atoms with Gasteiger partial charge in [-0.25, -0.2) is 14.4 Å². The lowest BCUT2D eigenvalue weighted by Gasteiger charge is -2.17. The van der Waals surface area contributed by atoms with Gasteiger partial charge in [0.05, 0.1) is 22.3 Å². The summed E-state index contributed by atoms with van der Waals surface area (Å²) in [5.74, 6) is -3.35. The summed E-state index contributed by atoms with van der Waals surface area (Å²) in [4.78, 5) is 34.4. The van der Waals surface area contributed by atoms with E-state index >= 15 is 0 Å². The van der Waals surface area contributed by atoms with E-state index in [-0.39, 0.29) is 27.8 Å². The molecule has 49 heavy (non-hydrogen) atoms. The van der Waals surface area contributed by atoms with E-state index in [2.05, 4.69) is 0 Å². The van der Waals surface area contributed by atoms with E-state index in [1.54, 1.807) is 84.9 Å². The number of benzene rings is 6. The zero-order valence-corrected chi connectivity index (χ0v) is 25.4. The molecular formula is C40H25F3O6. The van der Waals surface area contributed by atoms with E-state index in [1.807, 2.05) is 0 Å². The van der Waals surface area contributed by atoms with Gasteiger partial charge in [0.2, 0.25) is 0 Å². The molecule has 0 radical (unpaired) electrons. The molecule has 3 N–H and O–H groups in total. The topological polar surface area (TPSA) is 112 Å². The lowest BCUT2D eigenvalue weighted by atomic mass is 9.89. The zero-order chi connectivity index (χ0) is 34.9. The first-order valence-corrected chi connectivity index (χ1v) is 14.9. The molecule has 6 rings (SSSR count). The Labute approximate surface area is 278 Å². The van der Waals surface area contributed by atoms with Crippen LogP contribution in [-0.2, 0) is 6.18 Å². The summed E-state index contributed by atoms with van der Waals surface area (Å²) >= 11 is 0. The normalized spacial score (nSPS) is 11.2. The highest BCUT2D eigenvalue weighted by atomic mass is 19.4. The maximum atomic E-state index is 14.7. The number of alkyl halides is 3. The second kappa shape index (κ2) is 13.0. The van der Waals surface area contributed by atoms with Crippen LogP contribution in [0.1, 0.15) is 36.6 Å². The summed E-state index contributed by atoms with van der Waals surface area (Å²) in [6.45, 7) is 0. The second-order valence-electron chi connectivity index (χ2n) is 11.3. The van der Waals surface area contributed by atoms with E-state index in [4.69, 9.17) is 0 Å². The van der Waals surface area contributed by atoms with E-state index in [0.29, 0.717) is 44.5 Å². The van der Waals surface area contributed by atoms with Gasteiger partial charge in [0, 0.05) is 0 Å². The molecule has 0 fully saturated rings. The van der Waals surface area contributed by atoms with Crippen LogP contribution in [0.4, 0.5) is 13.2 Å². The molecule has 0 spiro atoms. The fourth-order valence-electron chi connectivity index (χ4n) is 5.71. The fourth-order valence-corrected chi connectivity index (χ4v) is 5.71. The Bertz CT molecular complexity index is 2240. The van der Waals surface area contributed by atoms with Gasteiger partial charge < -0.3 is 15.3 Å². The minimum atomic E-state index is -4.70. The van der Waals surface area contributed by atoms with Gasteiger partial charge in [-0.15, -0.1) is 0 Å². The Morgan fingerprint density at radius 1 is 0.388 bits per heavy atom. The van der Waals surface area contributed by atoms with Crippen molar-refractivity contribution < 1.29 is 42.9 Å². The monoisotopic (exact) mass is 658 g/mol. The van der Waals surface area contributed by atoms with Crippen LogP contribution in [0.15, 0.2) is 133 Å². The highest BCUT2D eigenvalue weighted by Gasteiger charge is 2.34. The predicted octanol–water partition coefficient (Wildman–Crippen LogP) is 10.1.